The Bertz CT molecular complexity index is 728. The van der Waals surface area contributed by atoms with Gasteiger partial charge in [-0.1, -0.05) is 0 Å². The van der Waals surface area contributed by atoms with E-state index < -0.39 is 17.1 Å². The van der Waals surface area contributed by atoms with Gasteiger partial charge in [0.25, 0.3) is 5.69 Å². The van der Waals surface area contributed by atoms with Crippen molar-refractivity contribution in [1.82, 2.24) is 14.7 Å². The zero-order valence-corrected chi connectivity index (χ0v) is 13.9. The number of aromatic nitrogens is 2. The van der Waals surface area contributed by atoms with Crippen LogP contribution in [0.3, 0.4) is 0 Å². The molecule has 0 unspecified atom stereocenters. The van der Waals surface area contributed by atoms with Gasteiger partial charge in [-0.2, -0.15) is 5.10 Å². The van der Waals surface area contributed by atoms with Crippen molar-refractivity contribution in [1.29, 1.82) is 0 Å². The number of aliphatic hydroxyl groups is 1. The highest BCUT2D eigenvalue weighted by Crippen LogP contribution is 2.15. The van der Waals surface area contributed by atoms with E-state index in [1.54, 1.807) is 6.20 Å². The fraction of sp³-hybridized carbons (Fsp3) is 0.333. The lowest BCUT2D eigenvalue weighted by atomic mass is 10.3. The van der Waals surface area contributed by atoms with E-state index in [4.69, 9.17) is 0 Å². The molecule has 10 nitrogen and oxygen atoms in total. The summed E-state index contributed by atoms with van der Waals surface area (Å²) >= 11 is 0. The van der Waals surface area contributed by atoms with Crippen molar-refractivity contribution in [2.75, 3.05) is 31.3 Å². The molecule has 0 bridgehead atoms. The summed E-state index contributed by atoms with van der Waals surface area (Å²) < 4.78 is 1.54. The largest absolute Gasteiger partial charge is 0.390 e. The van der Waals surface area contributed by atoms with Gasteiger partial charge in [0.15, 0.2) is 0 Å². The molecule has 1 aromatic carbocycles. The summed E-state index contributed by atoms with van der Waals surface area (Å²) in [5.41, 5.74) is 0.844. The molecule has 1 atom stereocenters. The standard InChI is InChI=1S/C15H20N6O4/c1-19(2)9-14(22)10-20-8-12(7-16-20)18-15(23)17-11-3-5-13(6-4-11)21(24)25/h3-8,14,22H,9-10H2,1-2H3,(H2,17,18,23)/t14-/m1/s1. The van der Waals surface area contributed by atoms with Crippen LogP contribution in [0.25, 0.3) is 0 Å². The predicted octanol–water partition coefficient (Wildman–Crippen LogP) is 1.36. The number of hydrogen-bond donors (Lipinski definition) is 3. The first-order valence-corrected chi connectivity index (χ1v) is 7.51. The van der Waals surface area contributed by atoms with E-state index in [9.17, 15) is 20.0 Å². The van der Waals surface area contributed by atoms with Gasteiger partial charge >= 0.3 is 6.03 Å². The third kappa shape index (κ3) is 5.86. The molecule has 0 aliphatic carbocycles. The number of nitrogens with zero attached hydrogens (tertiary/aromatic N) is 4. The Morgan fingerprint density at radius 2 is 1.96 bits per heavy atom. The highest BCUT2D eigenvalue weighted by Gasteiger charge is 2.10. The van der Waals surface area contributed by atoms with E-state index in [0.717, 1.165) is 0 Å². The van der Waals surface area contributed by atoms with Gasteiger partial charge in [0, 0.05) is 30.6 Å². The fourth-order valence-electron chi connectivity index (χ4n) is 2.18. The Morgan fingerprint density at radius 1 is 1.32 bits per heavy atom. The summed E-state index contributed by atoms with van der Waals surface area (Å²) in [6, 6.07) is 5.00. The molecule has 0 saturated heterocycles. The van der Waals surface area contributed by atoms with E-state index in [1.807, 2.05) is 19.0 Å². The quantitative estimate of drug-likeness (QED) is 0.512. The van der Waals surface area contributed by atoms with E-state index in [0.29, 0.717) is 24.5 Å². The maximum atomic E-state index is 11.9. The minimum absolute atomic E-state index is 0.0523. The van der Waals surface area contributed by atoms with Crippen LogP contribution in [0.1, 0.15) is 0 Å². The second-order valence-electron chi connectivity index (χ2n) is 5.75. The topological polar surface area (TPSA) is 126 Å². The molecule has 0 radical (unpaired) electrons. The molecule has 2 aromatic rings. The molecule has 134 valence electrons. The number of nitrogens with one attached hydrogen (secondary N) is 2. The number of rotatable bonds is 7. The number of anilines is 2. The average molecular weight is 348 g/mol. The van der Waals surface area contributed by atoms with Crippen molar-refractivity contribution in [3.8, 4) is 0 Å². The first kappa shape index (κ1) is 18.4. The highest BCUT2D eigenvalue weighted by molar-refractivity contribution is 5.99. The predicted molar refractivity (Wildman–Crippen MR) is 92.5 cm³/mol. The van der Waals surface area contributed by atoms with Crippen LogP contribution >= 0.6 is 0 Å². The van der Waals surface area contributed by atoms with Crippen molar-refractivity contribution in [3.05, 3.63) is 46.8 Å². The molecule has 0 aliphatic heterocycles. The van der Waals surface area contributed by atoms with Crippen LogP contribution in [0.15, 0.2) is 36.7 Å². The molecule has 2 amide bonds. The molecule has 1 heterocycles. The number of urea groups is 1. The normalized spacial score (nSPS) is 12.0. The van der Waals surface area contributed by atoms with Crippen LogP contribution in [0.4, 0.5) is 21.9 Å². The molecule has 25 heavy (non-hydrogen) atoms. The zero-order valence-electron chi connectivity index (χ0n) is 13.9. The Balaban J connectivity index is 1.87. The maximum absolute atomic E-state index is 11.9. The number of hydrogen-bond acceptors (Lipinski definition) is 6. The monoisotopic (exact) mass is 348 g/mol. The van der Waals surface area contributed by atoms with Crippen LogP contribution in [-0.2, 0) is 6.54 Å². The van der Waals surface area contributed by atoms with Crippen molar-refractivity contribution in [2.24, 2.45) is 0 Å². The molecular formula is C15H20N6O4. The number of likely N-dealkylation sites (N-methyl/N-ethyl adjacent to an activating group) is 1. The lowest BCUT2D eigenvalue weighted by molar-refractivity contribution is -0.384. The summed E-state index contributed by atoms with van der Waals surface area (Å²) in [6.45, 7) is 0.813. The summed E-state index contributed by atoms with van der Waals surface area (Å²) in [4.78, 5) is 23.9. The summed E-state index contributed by atoms with van der Waals surface area (Å²) in [5, 5.41) is 29.7. The summed E-state index contributed by atoms with van der Waals surface area (Å²) in [7, 11) is 3.73. The van der Waals surface area contributed by atoms with Crippen LogP contribution in [0, 0.1) is 10.1 Å². The SMILES string of the molecule is CN(C)C[C@@H](O)Cn1cc(NC(=O)Nc2ccc([N+](=O)[O-])cc2)cn1. The number of amides is 2. The number of nitro groups is 1. The van der Waals surface area contributed by atoms with Gasteiger partial charge in [-0.3, -0.25) is 14.8 Å². The van der Waals surface area contributed by atoms with Crippen molar-refractivity contribution in [3.63, 3.8) is 0 Å². The van der Waals surface area contributed by atoms with Crippen LogP contribution in [-0.4, -0.2) is 57.5 Å². The molecular weight excluding hydrogens is 328 g/mol. The molecule has 0 saturated carbocycles. The summed E-state index contributed by atoms with van der Waals surface area (Å²) in [5.74, 6) is 0. The van der Waals surface area contributed by atoms with Gasteiger partial charge in [0.2, 0.25) is 0 Å². The van der Waals surface area contributed by atoms with E-state index in [1.165, 1.54) is 35.1 Å². The Labute approximate surface area is 144 Å². The van der Waals surface area contributed by atoms with Gasteiger partial charge in [0.05, 0.1) is 29.5 Å². The lowest BCUT2D eigenvalue weighted by Crippen LogP contribution is -2.29. The number of nitro benzene ring substituents is 1. The molecule has 1 aromatic heterocycles. The molecule has 10 heteroatoms. The fourth-order valence-corrected chi connectivity index (χ4v) is 2.18. The van der Waals surface area contributed by atoms with Gasteiger partial charge in [-0.25, -0.2) is 4.79 Å². The average Bonchev–Trinajstić information content (AvgIpc) is 2.93. The lowest BCUT2D eigenvalue weighted by Gasteiger charge is -2.15. The van der Waals surface area contributed by atoms with E-state index in [-0.39, 0.29) is 5.69 Å². The number of non-ortho nitro benzene ring substituents is 1. The Morgan fingerprint density at radius 3 is 2.56 bits per heavy atom. The number of aliphatic hydroxyl groups excluding tert-OH is 1. The summed E-state index contributed by atoms with van der Waals surface area (Å²) in [6.07, 6.45) is 2.50. The third-order valence-corrected chi connectivity index (χ3v) is 3.20. The number of carbonyl (C=O) groups is 1. The van der Waals surface area contributed by atoms with Gasteiger partial charge in [-0.05, 0) is 26.2 Å². The first-order valence-electron chi connectivity index (χ1n) is 7.51. The van der Waals surface area contributed by atoms with Crippen molar-refractivity contribution < 1.29 is 14.8 Å². The molecule has 2 rings (SSSR count). The van der Waals surface area contributed by atoms with E-state index >= 15 is 0 Å². The van der Waals surface area contributed by atoms with Crippen LogP contribution in [0.2, 0.25) is 0 Å². The van der Waals surface area contributed by atoms with Crippen molar-refractivity contribution >= 4 is 23.1 Å². The second kappa shape index (κ2) is 8.22. The Kier molecular flexibility index (Phi) is 6.03. The van der Waals surface area contributed by atoms with Gasteiger partial charge in [-0.15, -0.1) is 0 Å². The smallest absolute Gasteiger partial charge is 0.323 e. The number of benzene rings is 1. The minimum Gasteiger partial charge on any atom is -0.390 e. The molecule has 3 N–H and O–H groups in total. The maximum Gasteiger partial charge on any atom is 0.323 e. The number of carbonyl (C=O) groups excluding carboxylic acids is 1. The van der Waals surface area contributed by atoms with Gasteiger partial charge < -0.3 is 20.6 Å². The Hall–Kier alpha value is -2.98. The highest BCUT2D eigenvalue weighted by atomic mass is 16.6. The zero-order chi connectivity index (χ0) is 18.4. The van der Waals surface area contributed by atoms with Crippen LogP contribution < -0.4 is 10.6 Å². The molecule has 0 fully saturated rings. The third-order valence-electron chi connectivity index (χ3n) is 3.20. The molecule has 0 spiro atoms. The van der Waals surface area contributed by atoms with Crippen LogP contribution in [0.5, 0.6) is 0 Å². The second-order valence-corrected chi connectivity index (χ2v) is 5.75. The molecule has 0 aliphatic rings. The first-order chi connectivity index (χ1) is 11.8. The van der Waals surface area contributed by atoms with E-state index in [2.05, 4.69) is 15.7 Å². The van der Waals surface area contributed by atoms with Gasteiger partial charge in [0.1, 0.15) is 0 Å². The minimum atomic E-state index is -0.573. The van der Waals surface area contributed by atoms with Crippen molar-refractivity contribution in [2.45, 2.75) is 12.6 Å².